The van der Waals surface area contributed by atoms with Gasteiger partial charge in [0.2, 0.25) is 0 Å². The molecule has 0 saturated heterocycles. The normalized spacial score (nSPS) is 10.6. The van der Waals surface area contributed by atoms with Gasteiger partial charge in [0, 0.05) is 5.33 Å². The number of rotatable bonds is 11. The molecule has 1 rings (SSSR count). The van der Waals surface area contributed by atoms with Crippen molar-refractivity contribution >= 4 is 21.7 Å². The van der Waals surface area contributed by atoms with Crippen molar-refractivity contribution in [2.75, 3.05) is 11.9 Å². The summed E-state index contributed by atoms with van der Waals surface area (Å²) < 4.78 is 18.7. The van der Waals surface area contributed by atoms with Crippen molar-refractivity contribution in [3.05, 3.63) is 29.6 Å². The summed E-state index contributed by atoms with van der Waals surface area (Å²) in [4.78, 5) is 11.4. The molecule has 118 valence electrons. The Kier molecular flexibility index (Phi) is 9.31. The molecule has 4 heteroatoms. The van der Waals surface area contributed by atoms with Gasteiger partial charge in [-0.2, -0.15) is 0 Å². The molecule has 21 heavy (non-hydrogen) atoms. The quantitative estimate of drug-likeness (QED) is 0.295. The number of halogens is 2. The van der Waals surface area contributed by atoms with Gasteiger partial charge in [-0.25, -0.2) is 4.39 Å². The maximum Gasteiger partial charge on any atom is 0.163 e. The number of ether oxygens (including phenoxy) is 1. The van der Waals surface area contributed by atoms with Crippen LogP contribution >= 0.6 is 15.9 Å². The van der Waals surface area contributed by atoms with Crippen LogP contribution in [0.4, 0.5) is 4.39 Å². The van der Waals surface area contributed by atoms with E-state index in [9.17, 15) is 9.18 Å². The first-order valence-electron chi connectivity index (χ1n) is 7.64. The summed E-state index contributed by atoms with van der Waals surface area (Å²) in [6.07, 6.45) is 8.41. The van der Waals surface area contributed by atoms with E-state index in [4.69, 9.17) is 4.74 Å². The van der Waals surface area contributed by atoms with Gasteiger partial charge in [-0.1, -0.05) is 48.0 Å². The Morgan fingerprint density at radius 1 is 1.10 bits per heavy atom. The number of alkyl halides is 1. The van der Waals surface area contributed by atoms with E-state index in [1.807, 2.05) is 0 Å². The Morgan fingerprint density at radius 2 is 1.71 bits per heavy atom. The molecule has 0 radical (unpaired) electrons. The van der Waals surface area contributed by atoms with E-state index in [1.165, 1.54) is 57.2 Å². The van der Waals surface area contributed by atoms with E-state index < -0.39 is 5.82 Å². The van der Waals surface area contributed by atoms with Crippen LogP contribution in [0.3, 0.4) is 0 Å². The van der Waals surface area contributed by atoms with Crippen LogP contribution in [0.15, 0.2) is 18.2 Å². The molecule has 0 aromatic heterocycles. The third-order valence-electron chi connectivity index (χ3n) is 3.36. The zero-order chi connectivity index (χ0) is 15.5. The van der Waals surface area contributed by atoms with Gasteiger partial charge in [-0.15, -0.1) is 0 Å². The van der Waals surface area contributed by atoms with Gasteiger partial charge >= 0.3 is 0 Å². The number of ketones is 1. The topological polar surface area (TPSA) is 26.3 Å². The van der Waals surface area contributed by atoms with Crippen LogP contribution in [0.2, 0.25) is 0 Å². The summed E-state index contributed by atoms with van der Waals surface area (Å²) in [5, 5.41) is 1.09. The standard InChI is InChI=1S/C17H24BrFO2/c1-14(20)16-13-15(19)9-10-17(16)21-12-8-6-4-2-3-5-7-11-18/h9-10,13H,2-8,11-12H2,1H3. The van der Waals surface area contributed by atoms with E-state index in [-0.39, 0.29) is 5.78 Å². The van der Waals surface area contributed by atoms with Crippen molar-refractivity contribution in [1.29, 1.82) is 0 Å². The highest BCUT2D eigenvalue weighted by Crippen LogP contribution is 2.20. The van der Waals surface area contributed by atoms with Crippen molar-refractivity contribution in [3.63, 3.8) is 0 Å². The largest absolute Gasteiger partial charge is 0.493 e. The van der Waals surface area contributed by atoms with Crippen LogP contribution in [-0.4, -0.2) is 17.7 Å². The van der Waals surface area contributed by atoms with Crippen molar-refractivity contribution < 1.29 is 13.9 Å². The molecular weight excluding hydrogens is 335 g/mol. The first-order chi connectivity index (χ1) is 10.1. The minimum Gasteiger partial charge on any atom is -0.493 e. The first-order valence-corrected chi connectivity index (χ1v) is 8.76. The maximum atomic E-state index is 13.1. The van der Waals surface area contributed by atoms with Gasteiger partial charge in [0.05, 0.1) is 12.2 Å². The molecule has 0 aliphatic heterocycles. The van der Waals surface area contributed by atoms with Crippen LogP contribution in [-0.2, 0) is 0 Å². The van der Waals surface area contributed by atoms with E-state index in [2.05, 4.69) is 15.9 Å². The molecule has 1 aromatic rings. The lowest BCUT2D eigenvalue weighted by Crippen LogP contribution is -2.03. The van der Waals surface area contributed by atoms with Crippen molar-refractivity contribution in [1.82, 2.24) is 0 Å². The van der Waals surface area contributed by atoms with Gasteiger partial charge in [0.15, 0.2) is 5.78 Å². The lowest BCUT2D eigenvalue weighted by Gasteiger charge is -2.09. The molecule has 0 heterocycles. The highest BCUT2D eigenvalue weighted by atomic mass is 79.9. The Bertz CT molecular complexity index is 435. The third-order valence-corrected chi connectivity index (χ3v) is 3.92. The molecule has 1 aromatic carbocycles. The summed E-state index contributed by atoms with van der Waals surface area (Å²) in [5.41, 5.74) is 0.324. The minimum absolute atomic E-state index is 0.170. The number of carbonyl (C=O) groups is 1. The Hall–Kier alpha value is -0.900. The molecule has 0 N–H and O–H groups in total. The molecule has 2 nitrogen and oxygen atoms in total. The van der Waals surface area contributed by atoms with Gasteiger partial charge in [-0.05, 0) is 38.0 Å². The summed E-state index contributed by atoms with van der Waals surface area (Å²) in [6.45, 7) is 2.00. The molecule has 0 unspecified atom stereocenters. The molecule has 0 bridgehead atoms. The molecule has 0 aliphatic rings. The highest BCUT2D eigenvalue weighted by molar-refractivity contribution is 9.09. The van der Waals surface area contributed by atoms with Crippen LogP contribution < -0.4 is 4.74 Å². The maximum absolute atomic E-state index is 13.1. The predicted octanol–water partition coefficient (Wildman–Crippen LogP) is 5.53. The monoisotopic (exact) mass is 358 g/mol. The molecule has 0 saturated carbocycles. The zero-order valence-electron chi connectivity index (χ0n) is 12.7. The second-order valence-electron chi connectivity index (χ2n) is 5.21. The number of hydrogen-bond donors (Lipinski definition) is 0. The lowest BCUT2D eigenvalue weighted by atomic mass is 10.1. The van der Waals surface area contributed by atoms with E-state index >= 15 is 0 Å². The van der Waals surface area contributed by atoms with Gasteiger partial charge < -0.3 is 4.74 Å². The first kappa shape index (κ1) is 18.1. The average molecular weight is 359 g/mol. The van der Waals surface area contributed by atoms with Crippen molar-refractivity contribution in [2.24, 2.45) is 0 Å². The van der Waals surface area contributed by atoms with Crippen LogP contribution in [0.1, 0.15) is 62.2 Å². The Morgan fingerprint density at radius 3 is 2.33 bits per heavy atom. The lowest BCUT2D eigenvalue weighted by molar-refractivity contribution is 0.101. The molecule has 0 amide bonds. The number of carbonyl (C=O) groups excluding carboxylic acids is 1. The van der Waals surface area contributed by atoms with Crippen LogP contribution in [0.25, 0.3) is 0 Å². The molecule has 0 spiro atoms. The van der Waals surface area contributed by atoms with Crippen LogP contribution in [0.5, 0.6) is 5.75 Å². The Labute approximate surface area is 135 Å². The second kappa shape index (κ2) is 10.8. The predicted molar refractivity (Wildman–Crippen MR) is 88.0 cm³/mol. The summed E-state index contributed by atoms with van der Waals surface area (Å²) >= 11 is 3.43. The highest BCUT2D eigenvalue weighted by Gasteiger charge is 2.09. The second-order valence-corrected chi connectivity index (χ2v) is 6.00. The number of hydrogen-bond acceptors (Lipinski definition) is 2. The van der Waals surface area contributed by atoms with Gasteiger partial charge in [-0.3, -0.25) is 4.79 Å². The smallest absolute Gasteiger partial charge is 0.163 e. The van der Waals surface area contributed by atoms with Crippen LogP contribution in [0, 0.1) is 5.82 Å². The fourth-order valence-corrected chi connectivity index (χ4v) is 2.56. The number of Topliss-reactive ketones (excluding diaryl/α,β-unsaturated/α-hetero) is 1. The van der Waals surface area contributed by atoms with Gasteiger partial charge in [0.1, 0.15) is 11.6 Å². The molecular formula is C17H24BrFO2. The fourth-order valence-electron chi connectivity index (χ4n) is 2.17. The third kappa shape index (κ3) is 7.60. The van der Waals surface area contributed by atoms with E-state index in [0.717, 1.165) is 18.2 Å². The number of benzene rings is 1. The summed E-state index contributed by atoms with van der Waals surface area (Å²) in [6, 6.07) is 4.10. The molecule has 0 aliphatic carbocycles. The van der Waals surface area contributed by atoms with Gasteiger partial charge in [0.25, 0.3) is 0 Å². The fraction of sp³-hybridized carbons (Fsp3) is 0.588. The summed E-state index contributed by atoms with van der Waals surface area (Å²) in [5.74, 6) is -0.0893. The summed E-state index contributed by atoms with van der Waals surface area (Å²) in [7, 11) is 0. The van der Waals surface area contributed by atoms with Crippen molar-refractivity contribution in [3.8, 4) is 5.75 Å². The average Bonchev–Trinajstić information content (AvgIpc) is 2.46. The molecule has 0 atom stereocenters. The SMILES string of the molecule is CC(=O)c1cc(F)ccc1OCCCCCCCCCBr. The Balaban J connectivity index is 2.20. The van der Waals surface area contributed by atoms with E-state index in [0.29, 0.717) is 17.9 Å². The van der Waals surface area contributed by atoms with E-state index in [1.54, 1.807) is 0 Å². The molecule has 0 fully saturated rings. The minimum atomic E-state index is -0.406. The van der Waals surface area contributed by atoms with Crippen molar-refractivity contribution in [2.45, 2.75) is 51.9 Å². The zero-order valence-corrected chi connectivity index (χ0v) is 14.3. The number of unbranched alkanes of at least 4 members (excludes halogenated alkanes) is 6.